The van der Waals surface area contributed by atoms with E-state index < -0.39 is 6.36 Å². The van der Waals surface area contributed by atoms with Gasteiger partial charge in [0.15, 0.2) is 0 Å². The number of rotatable bonds is 6. The standard InChI is InChI=1S/C15H20F3NO2/c1-2-14-12(7-8-20-14)10-19-9-11-3-5-13(6-4-11)21-15(16,17)18/h3-6,12,14,19H,2,7-10H2,1H3. The van der Waals surface area contributed by atoms with Crippen molar-refractivity contribution in [1.29, 1.82) is 0 Å². The van der Waals surface area contributed by atoms with Crippen LogP contribution in [0.2, 0.25) is 0 Å². The van der Waals surface area contributed by atoms with E-state index in [-0.39, 0.29) is 5.75 Å². The highest BCUT2D eigenvalue weighted by Gasteiger charge is 2.31. The number of hydrogen-bond donors (Lipinski definition) is 1. The zero-order valence-corrected chi connectivity index (χ0v) is 12.0. The average molecular weight is 303 g/mol. The van der Waals surface area contributed by atoms with Crippen LogP contribution in [-0.4, -0.2) is 25.6 Å². The molecule has 0 aromatic heterocycles. The van der Waals surface area contributed by atoms with Crippen molar-refractivity contribution in [1.82, 2.24) is 5.32 Å². The summed E-state index contributed by atoms with van der Waals surface area (Å²) in [6.07, 6.45) is -2.25. The van der Waals surface area contributed by atoms with E-state index in [4.69, 9.17) is 4.74 Å². The fourth-order valence-electron chi connectivity index (χ4n) is 2.59. The van der Waals surface area contributed by atoms with Gasteiger partial charge < -0.3 is 14.8 Å². The third-order valence-corrected chi connectivity index (χ3v) is 3.64. The average Bonchev–Trinajstić information content (AvgIpc) is 2.86. The molecule has 1 heterocycles. The van der Waals surface area contributed by atoms with Gasteiger partial charge in [0.05, 0.1) is 6.10 Å². The maximum absolute atomic E-state index is 12.0. The van der Waals surface area contributed by atoms with E-state index in [1.54, 1.807) is 12.1 Å². The van der Waals surface area contributed by atoms with Crippen molar-refractivity contribution in [2.45, 2.75) is 38.8 Å². The van der Waals surface area contributed by atoms with Crippen LogP contribution < -0.4 is 10.1 Å². The number of benzene rings is 1. The molecule has 3 nitrogen and oxygen atoms in total. The monoisotopic (exact) mass is 303 g/mol. The molecule has 6 heteroatoms. The Kier molecular flexibility index (Phi) is 5.47. The summed E-state index contributed by atoms with van der Waals surface area (Å²) >= 11 is 0. The molecule has 1 aromatic carbocycles. The molecule has 118 valence electrons. The molecule has 0 radical (unpaired) electrons. The van der Waals surface area contributed by atoms with Gasteiger partial charge in [0.25, 0.3) is 0 Å². The topological polar surface area (TPSA) is 30.5 Å². The largest absolute Gasteiger partial charge is 0.573 e. The van der Waals surface area contributed by atoms with Gasteiger partial charge in [-0.1, -0.05) is 19.1 Å². The molecule has 1 fully saturated rings. The van der Waals surface area contributed by atoms with Crippen LogP contribution in [0.3, 0.4) is 0 Å². The SMILES string of the molecule is CCC1OCCC1CNCc1ccc(OC(F)(F)F)cc1. The molecule has 0 aliphatic carbocycles. The lowest BCUT2D eigenvalue weighted by Crippen LogP contribution is -2.27. The first-order chi connectivity index (χ1) is 9.98. The third kappa shape index (κ3) is 5.21. The van der Waals surface area contributed by atoms with Crippen LogP contribution in [0.1, 0.15) is 25.3 Å². The van der Waals surface area contributed by atoms with Gasteiger partial charge in [-0.2, -0.15) is 0 Å². The summed E-state index contributed by atoms with van der Waals surface area (Å²) in [5, 5.41) is 3.33. The summed E-state index contributed by atoms with van der Waals surface area (Å²) in [6, 6.07) is 5.93. The minimum Gasteiger partial charge on any atom is -0.406 e. The van der Waals surface area contributed by atoms with Crippen LogP contribution in [0.25, 0.3) is 0 Å². The number of halogens is 3. The summed E-state index contributed by atoms with van der Waals surface area (Å²) in [6.45, 7) is 4.41. The number of alkyl halides is 3. The second-order valence-corrected chi connectivity index (χ2v) is 5.19. The maximum atomic E-state index is 12.0. The maximum Gasteiger partial charge on any atom is 0.573 e. The Morgan fingerprint density at radius 3 is 2.62 bits per heavy atom. The molecule has 0 saturated carbocycles. The van der Waals surface area contributed by atoms with Gasteiger partial charge in [0, 0.05) is 19.7 Å². The summed E-state index contributed by atoms with van der Waals surface area (Å²) in [5.74, 6) is 0.323. The van der Waals surface area contributed by atoms with Crippen molar-refractivity contribution in [3.8, 4) is 5.75 Å². The zero-order chi connectivity index (χ0) is 15.3. The van der Waals surface area contributed by atoms with E-state index in [0.29, 0.717) is 18.6 Å². The van der Waals surface area contributed by atoms with Crippen LogP contribution in [-0.2, 0) is 11.3 Å². The van der Waals surface area contributed by atoms with Gasteiger partial charge >= 0.3 is 6.36 Å². The molecule has 1 saturated heterocycles. The van der Waals surface area contributed by atoms with Crippen LogP contribution in [0, 0.1) is 5.92 Å². The predicted octanol–water partition coefficient (Wildman–Crippen LogP) is 3.49. The Hall–Kier alpha value is -1.27. The second kappa shape index (κ2) is 7.13. The molecule has 2 unspecified atom stereocenters. The third-order valence-electron chi connectivity index (χ3n) is 3.64. The minimum atomic E-state index is -4.64. The van der Waals surface area contributed by atoms with Crippen LogP contribution in [0.15, 0.2) is 24.3 Å². The van der Waals surface area contributed by atoms with Gasteiger partial charge in [-0.25, -0.2) is 0 Å². The van der Waals surface area contributed by atoms with Crippen molar-refractivity contribution in [2.75, 3.05) is 13.2 Å². The molecular weight excluding hydrogens is 283 g/mol. The molecule has 1 aliphatic heterocycles. The van der Waals surface area contributed by atoms with Crippen molar-refractivity contribution in [3.05, 3.63) is 29.8 Å². The first-order valence-electron chi connectivity index (χ1n) is 7.15. The van der Waals surface area contributed by atoms with Crippen molar-refractivity contribution < 1.29 is 22.6 Å². The highest BCUT2D eigenvalue weighted by molar-refractivity contribution is 5.27. The molecular formula is C15H20F3NO2. The van der Waals surface area contributed by atoms with Crippen LogP contribution in [0.5, 0.6) is 5.75 Å². The van der Waals surface area contributed by atoms with E-state index in [1.807, 2.05) is 0 Å². The van der Waals surface area contributed by atoms with E-state index in [1.165, 1.54) is 12.1 Å². The Balaban J connectivity index is 1.76. The smallest absolute Gasteiger partial charge is 0.406 e. The molecule has 2 atom stereocenters. The lowest BCUT2D eigenvalue weighted by atomic mass is 9.99. The van der Waals surface area contributed by atoms with Gasteiger partial charge in [-0.3, -0.25) is 0 Å². The zero-order valence-electron chi connectivity index (χ0n) is 12.0. The fourth-order valence-corrected chi connectivity index (χ4v) is 2.59. The Morgan fingerprint density at radius 1 is 1.29 bits per heavy atom. The molecule has 1 aromatic rings. The van der Waals surface area contributed by atoms with Crippen molar-refractivity contribution in [3.63, 3.8) is 0 Å². The van der Waals surface area contributed by atoms with Crippen LogP contribution in [0.4, 0.5) is 13.2 Å². The molecule has 0 spiro atoms. The molecule has 0 amide bonds. The summed E-state index contributed by atoms with van der Waals surface area (Å²) in [7, 11) is 0. The Bertz CT molecular complexity index is 434. The summed E-state index contributed by atoms with van der Waals surface area (Å²) in [4.78, 5) is 0. The predicted molar refractivity (Wildman–Crippen MR) is 73.0 cm³/mol. The highest BCUT2D eigenvalue weighted by atomic mass is 19.4. The second-order valence-electron chi connectivity index (χ2n) is 5.19. The first kappa shape index (κ1) is 16.1. The van der Waals surface area contributed by atoms with E-state index in [9.17, 15) is 13.2 Å². The van der Waals surface area contributed by atoms with Gasteiger partial charge in [0.2, 0.25) is 0 Å². The fraction of sp³-hybridized carbons (Fsp3) is 0.600. The van der Waals surface area contributed by atoms with E-state index >= 15 is 0 Å². The summed E-state index contributed by atoms with van der Waals surface area (Å²) < 4.78 is 45.6. The molecule has 21 heavy (non-hydrogen) atoms. The minimum absolute atomic E-state index is 0.193. The van der Waals surface area contributed by atoms with Crippen molar-refractivity contribution in [2.24, 2.45) is 5.92 Å². The van der Waals surface area contributed by atoms with E-state index in [2.05, 4.69) is 17.0 Å². The van der Waals surface area contributed by atoms with Gasteiger partial charge in [0.1, 0.15) is 5.75 Å². The number of hydrogen-bond acceptors (Lipinski definition) is 3. The Labute approximate surface area is 122 Å². The first-order valence-corrected chi connectivity index (χ1v) is 7.15. The van der Waals surface area contributed by atoms with Gasteiger partial charge in [-0.15, -0.1) is 13.2 Å². The van der Waals surface area contributed by atoms with E-state index in [0.717, 1.165) is 31.6 Å². The molecule has 1 N–H and O–H groups in total. The van der Waals surface area contributed by atoms with Crippen LogP contribution >= 0.6 is 0 Å². The normalized spacial score (nSPS) is 22.5. The molecule has 0 bridgehead atoms. The molecule has 1 aliphatic rings. The number of ether oxygens (including phenoxy) is 2. The number of nitrogens with one attached hydrogen (secondary N) is 1. The lowest BCUT2D eigenvalue weighted by molar-refractivity contribution is -0.274. The Morgan fingerprint density at radius 2 is 2.00 bits per heavy atom. The quantitative estimate of drug-likeness (QED) is 0.872. The molecule has 2 rings (SSSR count). The highest BCUT2D eigenvalue weighted by Crippen LogP contribution is 2.24. The van der Waals surface area contributed by atoms with Gasteiger partial charge in [-0.05, 0) is 36.5 Å². The summed E-state index contributed by atoms with van der Waals surface area (Å²) in [5.41, 5.74) is 0.927. The van der Waals surface area contributed by atoms with Crippen molar-refractivity contribution >= 4 is 0 Å². The lowest BCUT2D eigenvalue weighted by Gasteiger charge is -2.17.